The van der Waals surface area contributed by atoms with E-state index in [2.05, 4.69) is 36.4 Å². The molecule has 0 radical (unpaired) electrons. The summed E-state index contributed by atoms with van der Waals surface area (Å²) in [5.74, 6) is -0.263. The number of halogens is 1. The van der Waals surface area contributed by atoms with E-state index >= 15 is 0 Å². The minimum Gasteiger partial charge on any atom is -0.494 e. The van der Waals surface area contributed by atoms with Crippen LogP contribution in [-0.2, 0) is 22.3 Å². The third-order valence-electron chi connectivity index (χ3n) is 8.70. The Morgan fingerprint density at radius 1 is 0.810 bits per heavy atom. The second-order valence-electron chi connectivity index (χ2n) is 11.7. The van der Waals surface area contributed by atoms with Crippen molar-refractivity contribution >= 4 is 0 Å². The number of rotatable bonds is 13. The Morgan fingerprint density at radius 3 is 1.83 bits per heavy atom. The molecular formula is C35H44FNO5. The first-order valence-electron chi connectivity index (χ1n) is 15.2. The van der Waals surface area contributed by atoms with Gasteiger partial charge in [0.25, 0.3) is 0 Å². The molecule has 3 aromatic rings. The molecule has 2 aliphatic carbocycles. The number of aliphatic hydroxyl groups excluding tert-OH is 2. The van der Waals surface area contributed by atoms with Gasteiger partial charge in [-0.3, -0.25) is 4.90 Å². The van der Waals surface area contributed by atoms with Gasteiger partial charge in [0.05, 0.1) is 44.7 Å². The van der Waals surface area contributed by atoms with Crippen LogP contribution < -0.4 is 4.74 Å². The van der Waals surface area contributed by atoms with Crippen molar-refractivity contribution in [2.24, 2.45) is 0 Å². The fourth-order valence-corrected chi connectivity index (χ4v) is 6.41. The molecule has 7 heteroatoms. The number of benzene rings is 3. The number of aliphatic hydroxyl groups is 2. The van der Waals surface area contributed by atoms with Crippen LogP contribution >= 0.6 is 0 Å². The number of nitrogens with zero attached hydrogens (tertiary/aromatic N) is 1. The molecule has 0 amide bonds. The van der Waals surface area contributed by atoms with Gasteiger partial charge in [-0.05, 0) is 85.4 Å². The van der Waals surface area contributed by atoms with E-state index in [1.54, 1.807) is 6.07 Å². The molecule has 0 aliphatic heterocycles. The van der Waals surface area contributed by atoms with Crippen molar-refractivity contribution in [1.82, 2.24) is 4.90 Å². The molecule has 0 spiro atoms. The zero-order valence-electron chi connectivity index (χ0n) is 24.8. The SMILES string of the molecule is COc1ccc([C@H](C)N(C[C@H](O)CO[C@H]2CCCc3ccccc32)C[C@H](O)CO[C@@H]2CCCc3ccccc32)cc1F. The van der Waals surface area contributed by atoms with Crippen molar-refractivity contribution in [1.29, 1.82) is 0 Å². The van der Waals surface area contributed by atoms with Crippen LogP contribution in [0.15, 0.2) is 66.7 Å². The van der Waals surface area contributed by atoms with Crippen LogP contribution in [0.3, 0.4) is 0 Å². The first kappa shape index (κ1) is 30.6. The van der Waals surface area contributed by atoms with Gasteiger partial charge >= 0.3 is 0 Å². The van der Waals surface area contributed by atoms with Gasteiger partial charge < -0.3 is 24.4 Å². The predicted octanol–water partition coefficient (Wildman–Crippen LogP) is 6.11. The highest BCUT2D eigenvalue weighted by molar-refractivity contribution is 5.33. The Labute approximate surface area is 249 Å². The molecule has 5 atom stereocenters. The number of ether oxygens (including phenoxy) is 3. The molecule has 0 bridgehead atoms. The summed E-state index contributed by atoms with van der Waals surface area (Å²) >= 11 is 0. The molecule has 5 rings (SSSR count). The van der Waals surface area contributed by atoms with Gasteiger partial charge in [0.1, 0.15) is 0 Å². The number of hydrogen-bond acceptors (Lipinski definition) is 6. The third kappa shape index (κ3) is 7.57. The van der Waals surface area contributed by atoms with Gasteiger partial charge in [0.2, 0.25) is 0 Å². The molecule has 42 heavy (non-hydrogen) atoms. The van der Waals surface area contributed by atoms with Crippen LogP contribution in [0.5, 0.6) is 5.75 Å². The monoisotopic (exact) mass is 577 g/mol. The van der Waals surface area contributed by atoms with Gasteiger partial charge in [-0.25, -0.2) is 4.39 Å². The highest BCUT2D eigenvalue weighted by Crippen LogP contribution is 2.34. The molecule has 0 unspecified atom stereocenters. The molecule has 0 saturated heterocycles. The fourth-order valence-electron chi connectivity index (χ4n) is 6.41. The van der Waals surface area contributed by atoms with E-state index in [-0.39, 0.29) is 50.3 Å². The van der Waals surface area contributed by atoms with Crippen molar-refractivity contribution in [3.63, 3.8) is 0 Å². The molecule has 226 valence electrons. The Hall–Kier alpha value is -2.81. The molecule has 2 N–H and O–H groups in total. The van der Waals surface area contributed by atoms with Crippen molar-refractivity contribution in [3.05, 3.63) is 100 Å². The minimum absolute atomic E-state index is 0.0384. The molecular weight excluding hydrogens is 533 g/mol. The molecule has 0 fully saturated rings. The topological polar surface area (TPSA) is 71.4 Å². The maximum Gasteiger partial charge on any atom is 0.165 e. The van der Waals surface area contributed by atoms with E-state index in [0.29, 0.717) is 0 Å². The summed E-state index contributed by atoms with van der Waals surface area (Å²) < 4.78 is 32.2. The van der Waals surface area contributed by atoms with Gasteiger partial charge in [0, 0.05) is 19.1 Å². The number of hydrogen-bond donors (Lipinski definition) is 2. The number of methoxy groups -OCH3 is 1. The maximum atomic E-state index is 14.6. The smallest absolute Gasteiger partial charge is 0.165 e. The summed E-state index contributed by atoms with van der Waals surface area (Å²) in [6, 6.07) is 21.3. The second kappa shape index (κ2) is 14.6. The molecule has 0 heterocycles. The standard InChI is InChI=1S/C35H44FNO5/c1-24(27-17-18-35(40-2)32(36)19-27)37(20-28(38)22-41-33-15-7-11-25-9-3-5-13-30(25)33)21-29(39)23-42-34-16-8-12-26-10-4-6-14-31(26)34/h3-6,9-10,13-14,17-19,24,28-29,33-34,38-39H,7-8,11-12,15-16,20-23H2,1-2H3/t24-,28-,29-,33-,34+/m0/s1. The first-order valence-corrected chi connectivity index (χ1v) is 15.2. The molecule has 2 aliphatic rings. The third-order valence-corrected chi connectivity index (χ3v) is 8.70. The van der Waals surface area contributed by atoms with E-state index in [1.165, 1.54) is 35.4 Å². The van der Waals surface area contributed by atoms with Gasteiger partial charge in [0.15, 0.2) is 11.6 Å². The van der Waals surface area contributed by atoms with Crippen molar-refractivity contribution in [3.8, 4) is 5.75 Å². The van der Waals surface area contributed by atoms with Crippen LogP contribution in [0, 0.1) is 5.82 Å². The lowest BCUT2D eigenvalue weighted by Gasteiger charge is -2.34. The van der Waals surface area contributed by atoms with Crippen LogP contribution in [0.2, 0.25) is 0 Å². The quantitative estimate of drug-likeness (QED) is 0.256. The van der Waals surface area contributed by atoms with E-state index < -0.39 is 18.0 Å². The maximum absolute atomic E-state index is 14.6. The van der Waals surface area contributed by atoms with Crippen molar-refractivity contribution < 1.29 is 28.8 Å². The van der Waals surface area contributed by atoms with Crippen LogP contribution in [-0.4, -0.2) is 60.7 Å². The number of aryl methyl sites for hydroxylation is 2. The molecule has 0 saturated carbocycles. The second-order valence-corrected chi connectivity index (χ2v) is 11.7. The summed E-state index contributed by atoms with van der Waals surface area (Å²) in [7, 11) is 1.44. The fraction of sp³-hybridized carbons (Fsp3) is 0.486. The van der Waals surface area contributed by atoms with E-state index in [0.717, 1.165) is 44.1 Å². The Morgan fingerprint density at radius 2 is 1.33 bits per heavy atom. The summed E-state index contributed by atoms with van der Waals surface area (Å²) in [5, 5.41) is 22.2. The van der Waals surface area contributed by atoms with Crippen molar-refractivity contribution in [2.45, 2.75) is 75.9 Å². The summed E-state index contributed by atoms with van der Waals surface area (Å²) in [6.45, 7) is 2.81. The first-order chi connectivity index (χ1) is 20.4. The minimum atomic E-state index is -0.789. The Balaban J connectivity index is 1.24. The highest BCUT2D eigenvalue weighted by atomic mass is 19.1. The van der Waals surface area contributed by atoms with E-state index in [4.69, 9.17) is 14.2 Å². The van der Waals surface area contributed by atoms with Crippen LogP contribution in [0.4, 0.5) is 4.39 Å². The number of fused-ring (bicyclic) bond motifs is 2. The lowest BCUT2D eigenvalue weighted by molar-refractivity contribution is -0.0524. The van der Waals surface area contributed by atoms with Crippen LogP contribution in [0.25, 0.3) is 0 Å². The molecule has 3 aromatic carbocycles. The van der Waals surface area contributed by atoms with Gasteiger partial charge in [-0.2, -0.15) is 0 Å². The molecule has 6 nitrogen and oxygen atoms in total. The Kier molecular flexibility index (Phi) is 10.6. The highest BCUT2D eigenvalue weighted by Gasteiger charge is 2.27. The van der Waals surface area contributed by atoms with Crippen molar-refractivity contribution in [2.75, 3.05) is 33.4 Å². The van der Waals surface area contributed by atoms with Crippen LogP contribution in [0.1, 0.15) is 78.7 Å². The summed E-state index contributed by atoms with van der Waals surface area (Å²) in [5.41, 5.74) is 5.75. The normalized spacial score (nSPS) is 20.4. The van der Waals surface area contributed by atoms with Gasteiger partial charge in [-0.1, -0.05) is 54.6 Å². The summed E-state index contributed by atoms with van der Waals surface area (Å²) in [4.78, 5) is 1.98. The lowest BCUT2D eigenvalue weighted by atomic mass is 9.89. The predicted molar refractivity (Wildman–Crippen MR) is 161 cm³/mol. The zero-order valence-corrected chi connectivity index (χ0v) is 24.8. The molecule has 0 aromatic heterocycles. The average Bonchev–Trinajstić information content (AvgIpc) is 3.02. The van der Waals surface area contributed by atoms with Gasteiger partial charge in [-0.15, -0.1) is 0 Å². The average molecular weight is 578 g/mol. The summed E-state index contributed by atoms with van der Waals surface area (Å²) in [6.07, 6.45) is 4.41. The lowest BCUT2D eigenvalue weighted by Crippen LogP contribution is -2.42. The largest absolute Gasteiger partial charge is 0.494 e. The van der Waals surface area contributed by atoms with E-state index in [1.807, 2.05) is 30.0 Å². The van der Waals surface area contributed by atoms with E-state index in [9.17, 15) is 14.6 Å². The zero-order chi connectivity index (χ0) is 29.5. The Bertz CT molecular complexity index is 1230.